The summed E-state index contributed by atoms with van der Waals surface area (Å²) in [4.78, 5) is 13.0. The van der Waals surface area contributed by atoms with Gasteiger partial charge in [-0.15, -0.1) is 0 Å². The van der Waals surface area contributed by atoms with Gasteiger partial charge >= 0.3 is 0 Å². The van der Waals surface area contributed by atoms with E-state index in [0.717, 1.165) is 21.0 Å². The second-order valence-corrected chi connectivity index (χ2v) is 5.47. The zero-order valence-electron chi connectivity index (χ0n) is 10.1. The molecule has 0 unspecified atom stereocenters. The molecule has 0 aliphatic carbocycles. The van der Waals surface area contributed by atoms with Gasteiger partial charge in [-0.3, -0.25) is 0 Å². The largest absolute Gasteiger partial charge is 0.242 e. The Morgan fingerprint density at radius 2 is 2.00 bits per heavy atom. The number of aryl methyl sites for hydroxylation is 1. The van der Waals surface area contributed by atoms with Gasteiger partial charge in [0.2, 0.25) is 0 Å². The lowest BCUT2D eigenvalue weighted by atomic mass is 10.2. The summed E-state index contributed by atoms with van der Waals surface area (Å²) in [5.74, 6) is 0.642. The molecule has 0 N–H and O–H groups in total. The Labute approximate surface area is 123 Å². The predicted octanol–water partition coefficient (Wildman–Crippen LogP) is 4.42. The number of nitrogens with zero attached hydrogens (tertiary/aromatic N) is 3. The van der Waals surface area contributed by atoms with Gasteiger partial charge in [0.25, 0.3) is 0 Å². The average molecular weight is 335 g/mol. The summed E-state index contributed by atoms with van der Waals surface area (Å²) in [5.41, 5.74) is 2.64. The van der Waals surface area contributed by atoms with Crippen molar-refractivity contribution in [1.82, 2.24) is 15.0 Å². The van der Waals surface area contributed by atoms with E-state index in [0.29, 0.717) is 16.5 Å². The van der Waals surface area contributed by atoms with Crippen LogP contribution in [0.25, 0.3) is 22.3 Å². The lowest BCUT2D eigenvalue weighted by molar-refractivity contribution is 1.19. The van der Waals surface area contributed by atoms with Crippen molar-refractivity contribution >= 4 is 38.4 Å². The standard InChI is InChI=1S/C14H9BrClN3/c1-8-6-17-13(16)12-11(8)7-18-14(19-12)9-3-2-4-10(15)5-9/h2-7H,1H3. The van der Waals surface area contributed by atoms with E-state index in [9.17, 15) is 0 Å². The maximum absolute atomic E-state index is 6.11. The number of fused-ring (bicyclic) bond motifs is 1. The number of hydrogen-bond donors (Lipinski definition) is 0. The van der Waals surface area contributed by atoms with Crippen LogP contribution in [0.3, 0.4) is 0 Å². The molecular formula is C14H9BrClN3. The van der Waals surface area contributed by atoms with Gasteiger partial charge in [0.05, 0.1) is 0 Å². The van der Waals surface area contributed by atoms with Gasteiger partial charge in [-0.2, -0.15) is 0 Å². The molecule has 0 amide bonds. The summed E-state index contributed by atoms with van der Waals surface area (Å²) < 4.78 is 0.988. The van der Waals surface area contributed by atoms with E-state index < -0.39 is 0 Å². The highest BCUT2D eigenvalue weighted by molar-refractivity contribution is 9.10. The third kappa shape index (κ3) is 2.33. The van der Waals surface area contributed by atoms with Crippen LogP contribution in [0.15, 0.2) is 41.1 Å². The number of pyridine rings is 1. The lowest BCUT2D eigenvalue weighted by Crippen LogP contribution is -1.93. The Bertz CT molecular complexity index is 774. The summed E-state index contributed by atoms with van der Waals surface area (Å²) in [6.07, 6.45) is 3.52. The van der Waals surface area contributed by atoms with Gasteiger partial charge in [0.15, 0.2) is 11.0 Å². The van der Waals surface area contributed by atoms with E-state index >= 15 is 0 Å². The summed E-state index contributed by atoms with van der Waals surface area (Å²) in [5, 5.41) is 1.33. The zero-order chi connectivity index (χ0) is 13.4. The molecule has 0 atom stereocenters. The summed E-state index contributed by atoms with van der Waals surface area (Å²) >= 11 is 9.55. The molecular weight excluding hydrogens is 326 g/mol. The molecule has 0 spiro atoms. The van der Waals surface area contributed by atoms with Crippen LogP contribution in [-0.4, -0.2) is 15.0 Å². The van der Waals surface area contributed by atoms with Crippen molar-refractivity contribution in [1.29, 1.82) is 0 Å². The molecule has 2 heterocycles. The molecule has 0 saturated carbocycles. The quantitative estimate of drug-likeness (QED) is 0.618. The second kappa shape index (κ2) is 4.87. The third-order valence-electron chi connectivity index (χ3n) is 2.86. The van der Waals surface area contributed by atoms with E-state index in [4.69, 9.17) is 11.6 Å². The van der Waals surface area contributed by atoms with Crippen LogP contribution < -0.4 is 0 Å². The van der Waals surface area contributed by atoms with Crippen molar-refractivity contribution in [2.24, 2.45) is 0 Å². The Balaban J connectivity index is 2.25. The van der Waals surface area contributed by atoms with Gasteiger partial charge in [0.1, 0.15) is 5.52 Å². The first-order valence-corrected chi connectivity index (χ1v) is 6.86. The SMILES string of the molecule is Cc1cnc(Cl)c2nc(-c3cccc(Br)c3)ncc12. The number of rotatable bonds is 1. The highest BCUT2D eigenvalue weighted by Gasteiger charge is 2.08. The molecule has 1 aromatic carbocycles. The minimum absolute atomic E-state index is 0.402. The Morgan fingerprint density at radius 1 is 1.16 bits per heavy atom. The first-order chi connectivity index (χ1) is 9.15. The smallest absolute Gasteiger partial charge is 0.159 e. The monoisotopic (exact) mass is 333 g/mol. The Hall–Kier alpha value is -1.52. The van der Waals surface area contributed by atoms with Crippen LogP contribution in [0.2, 0.25) is 5.15 Å². The molecule has 3 rings (SSSR count). The molecule has 3 nitrogen and oxygen atoms in total. The summed E-state index contributed by atoms with van der Waals surface area (Å²) in [6.45, 7) is 1.97. The van der Waals surface area contributed by atoms with Crippen LogP contribution in [-0.2, 0) is 0 Å². The fraction of sp³-hybridized carbons (Fsp3) is 0.0714. The number of hydrogen-bond acceptors (Lipinski definition) is 3. The lowest BCUT2D eigenvalue weighted by Gasteiger charge is -2.05. The topological polar surface area (TPSA) is 38.7 Å². The molecule has 94 valence electrons. The average Bonchev–Trinajstić information content (AvgIpc) is 2.43. The number of aromatic nitrogens is 3. The van der Waals surface area contributed by atoms with E-state index in [1.54, 1.807) is 12.4 Å². The van der Waals surface area contributed by atoms with Crippen LogP contribution in [0.1, 0.15) is 5.56 Å². The van der Waals surface area contributed by atoms with Crippen molar-refractivity contribution in [3.8, 4) is 11.4 Å². The second-order valence-electron chi connectivity index (χ2n) is 4.20. The molecule has 0 fully saturated rings. The van der Waals surface area contributed by atoms with Crippen LogP contribution in [0.5, 0.6) is 0 Å². The minimum atomic E-state index is 0.402. The highest BCUT2D eigenvalue weighted by Crippen LogP contribution is 2.25. The van der Waals surface area contributed by atoms with Gasteiger partial charge in [0, 0.05) is 27.8 Å². The van der Waals surface area contributed by atoms with Crippen molar-refractivity contribution in [2.75, 3.05) is 0 Å². The molecule has 0 radical (unpaired) electrons. The van der Waals surface area contributed by atoms with Crippen molar-refractivity contribution in [3.05, 3.63) is 51.8 Å². The molecule has 3 aromatic rings. The Morgan fingerprint density at radius 3 is 2.79 bits per heavy atom. The third-order valence-corrected chi connectivity index (χ3v) is 3.63. The molecule has 0 aliphatic rings. The fourth-order valence-corrected chi connectivity index (χ4v) is 2.47. The van der Waals surface area contributed by atoms with E-state index in [-0.39, 0.29) is 0 Å². The molecule has 0 saturated heterocycles. The van der Waals surface area contributed by atoms with Gasteiger partial charge in [-0.1, -0.05) is 39.7 Å². The van der Waals surface area contributed by atoms with Crippen molar-refractivity contribution < 1.29 is 0 Å². The van der Waals surface area contributed by atoms with Gasteiger partial charge in [-0.05, 0) is 24.6 Å². The molecule has 19 heavy (non-hydrogen) atoms. The zero-order valence-corrected chi connectivity index (χ0v) is 12.4. The van der Waals surface area contributed by atoms with Crippen molar-refractivity contribution in [3.63, 3.8) is 0 Å². The van der Waals surface area contributed by atoms with Crippen LogP contribution >= 0.6 is 27.5 Å². The normalized spacial score (nSPS) is 10.9. The molecule has 0 bridgehead atoms. The molecule has 0 aliphatic heterocycles. The minimum Gasteiger partial charge on any atom is -0.242 e. The fourth-order valence-electron chi connectivity index (χ4n) is 1.88. The van der Waals surface area contributed by atoms with Gasteiger partial charge < -0.3 is 0 Å². The van der Waals surface area contributed by atoms with E-state index in [1.807, 2.05) is 31.2 Å². The number of benzene rings is 1. The first kappa shape index (κ1) is 12.5. The van der Waals surface area contributed by atoms with Gasteiger partial charge in [-0.25, -0.2) is 15.0 Å². The first-order valence-electron chi connectivity index (χ1n) is 5.69. The molecule has 2 aromatic heterocycles. The molecule has 5 heteroatoms. The summed E-state index contributed by atoms with van der Waals surface area (Å²) in [7, 11) is 0. The van der Waals surface area contributed by atoms with E-state index in [2.05, 4.69) is 30.9 Å². The predicted molar refractivity (Wildman–Crippen MR) is 80.2 cm³/mol. The highest BCUT2D eigenvalue weighted by atomic mass is 79.9. The van der Waals surface area contributed by atoms with Crippen LogP contribution in [0, 0.1) is 6.92 Å². The Kier molecular flexibility index (Phi) is 3.21. The maximum Gasteiger partial charge on any atom is 0.159 e. The number of halogens is 2. The van der Waals surface area contributed by atoms with Crippen LogP contribution in [0.4, 0.5) is 0 Å². The van der Waals surface area contributed by atoms with Crippen molar-refractivity contribution in [2.45, 2.75) is 6.92 Å². The summed E-state index contributed by atoms with van der Waals surface area (Å²) in [6, 6.07) is 7.84. The van der Waals surface area contributed by atoms with E-state index in [1.165, 1.54) is 0 Å². The maximum atomic E-state index is 6.11.